The van der Waals surface area contributed by atoms with Crippen molar-refractivity contribution < 1.29 is 0 Å². The lowest BCUT2D eigenvalue weighted by Crippen LogP contribution is -2.38. The van der Waals surface area contributed by atoms with Gasteiger partial charge < -0.3 is 5.73 Å². The number of rotatable bonds is 0. The minimum atomic E-state index is 0.660. The average molecular weight is 189 g/mol. The SMILES string of the molecule is Nc1cnc2c(c1)CN1CCCC2C1. The van der Waals surface area contributed by atoms with E-state index in [9.17, 15) is 0 Å². The van der Waals surface area contributed by atoms with Gasteiger partial charge in [0.2, 0.25) is 0 Å². The zero-order valence-corrected chi connectivity index (χ0v) is 8.24. The van der Waals surface area contributed by atoms with Crippen LogP contribution < -0.4 is 5.73 Å². The molecule has 1 aromatic heterocycles. The summed E-state index contributed by atoms with van der Waals surface area (Å²) in [6.45, 7) is 3.48. The van der Waals surface area contributed by atoms with Crippen molar-refractivity contribution in [2.75, 3.05) is 18.8 Å². The Morgan fingerprint density at radius 1 is 1.50 bits per heavy atom. The summed E-state index contributed by atoms with van der Waals surface area (Å²) in [5, 5.41) is 0. The first-order valence-electron chi connectivity index (χ1n) is 5.29. The van der Waals surface area contributed by atoms with Crippen LogP contribution in [0, 0.1) is 0 Å². The molecule has 14 heavy (non-hydrogen) atoms. The topological polar surface area (TPSA) is 42.1 Å². The fraction of sp³-hybridized carbons (Fsp3) is 0.545. The van der Waals surface area contributed by atoms with Crippen LogP contribution in [0.5, 0.6) is 0 Å². The van der Waals surface area contributed by atoms with Crippen LogP contribution in [0.15, 0.2) is 12.3 Å². The van der Waals surface area contributed by atoms with Crippen molar-refractivity contribution in [2.24, 2.45) is 0 Å². The maximum absolute atomic E-state index is 5.75. The fourth-order valence-corrected chi connectivity index (χ4v) is 2.70. The van der Waals surface area contributed by atoms with Gasteiger partial charge in [-0.1, -0.05) is 0 Å². The zero-order valence-electron chi connectivity index (χ0n) is 8.24. The van der Waals surface area contributed by atoms with Crippen molar-refractivity contribution >= 4 is 5.69 Å². The number of piperidine rings is 1. The van der Waals surface area contributed by atoms with Gasteiger partial charge in [0, 0.05) is 24.7 Å². The molecule has 2 N–H and O–H groups in total. The molecule has 1 aromatic rings. The molecule has 0 radical (unpaired) electrons. The minimum Gasteiger partial charge on any atom is -0.397 e. The largest absolute Gasteiger partial charge is 0.397 e. The molecule has 74 valence electrons. The second-order valence-corrected chi connectivity index (χ2v) is 4.39. The van der Waals surface area contributed by atoms with Crippen molar-refractivity contribution in [1.29, 1.82) is 0 Å². The first-order chi connectivity index (χ1) is 6.83. The van der Waals surface area contributed by atoms with Gasteiger partial charge in [-0.15, -0.1) is 0 Å². The Hall–Kier alpha value is -1.09. The van der Waals surface area contributed by atoms with E-state index in [0.29, 0.717) is 5.92 Å². The molecule has 3 rings (SSSR count). The summed E-state index contributed by atoms with van der Waals surface area (Å²) in [5.41, 5.74) is 9.20. The van der Waals surface area contributed by atoms with E-state index in [2.05, 4.69) is 16.0 Å². The third-order valence-electron chi connectivity index (χ3n) is 3.31. The molecule has 0 amide bonds. The first kappa shape index (κ1) is 8.24. The molecule has 2 bridgehead atoms. The van der Waals surface area contributed by atoms with Gasteiger partial charge in [0.25, 0.3) is 0 Å². The van der Waals surface area contributed by atoms with Crippen LogP contribution in [-0.4, -0.2) is 23.0 Å². The number of nitrogens with two attached hydrogens (primary N) is 1. The highest BCUT2D eigenvalue weighted by Crippen LogP contribution is 2.34. The van der Waals surface area contributed by atoms with E-state index in [-0.39, 0.29) is 0 Å². The van der Waals surface area contributed by atoms with Gasteiger partial charge in [-0.3, -0.25) is 9.88 Å². The van der Waals surface area contributed by atoms with Gasteiger partial charge in [-0.05, 0) is 31.0 Å². The number of nitrogen functional groups attached to an aromatic ring is 1. The lowest BCUT2D eigenvalue weighted by molar-refractivity contribution is 0.179. The van der Waals surface area contributed by atoms with Gasteiger partial charge in [-0.2, -0.15) is 0 Å². The summed E-state index contributed by atoms with van der Waals surface area (Å²) in [5.74, 6) is 0.660. The normalized spacial score (nSPS) is 29.7. The summed E-state index contributed by atoms with van der Waals surface area (Å²) in [4.78, 5) is 7.00. The number of anilines is 1. The molecule has 0 spiro atoms. The van der Waals surface area contributed by atoms with Gasteiger partial charge in [0.05, 0.1) is 11.9 Å². The smallest absolute Gasteiger partial charge is 0.0504 e. The van der Waals surface area contributed by atoms with E-state index in [0.717, 1.165) is 12.2 Å². The first-order valence-corrected chi connectivity index (χ1v) is 5.29. The molecule has 2 atom stereocenters. The van der Waals surface area contributed by atoms with E-state index in [1.807, 2.05) is 0 Å². The van der Waals surface area contributed by atoms with Gasteiger partial charge in [-0.25, -0.2) is 0 Å². The quantitative estimate of drug-likeness (QED) is 0.670. The second-order valence-electron chi connectivity index (χ2n) is 4.39. The zero-order chi connectivity index (χ0) is 9.54. The monoisotopic (exact) mass is 189 g/mol. The molecule has 1 fully saturated rings. The molecule has 2 unspecified atom stereocenters. The lowest BCUT2D eigenvalue weighted by Gasteiger charge is -2.38. The molecule has 0 saturated carbocycles. The van der Waals surface area contributed by atoms with Crippen molar-refractivity contribution in [3.8, 4) is 0 Å². The molecule has 3 heterocycles. The molecule has 3 heteroatoms. The van der Waals surface area contributed by atoms with Crippen LogP contribution >= 0.6 is 0 Å². The summed E-state index contributed by atoms with van der Waals surface area (Å²) in [7, 11) is 0. The van der Waals surface area contributed by atoms with Crippen LogP contribution in [0.1, 0.15) is 30.0 Å². The van der Waals surface area contributed by atoms with Gasteiger partial charge >= 0.3 is 0 Å². The Balaban J connectivity index is 2.06. The van der Waals surface area contributed by atoms with Crippen LogP contribution in [0.2, 0.25) is 0 Å². The molecule has 0 aromatic carbocycles. The third-order valence-corrected chi connectivity index (χ3v) is 3.31. The van der Waals surface area contributed by atoms with Crippen LogP contribution in [-0.2, 0) is 6.54 Å². The standard InChI is InChI=1S/C11H15N3/c12-10-4-9-7-14-3-1-2-8(6-14)11(9)13-5-10/h4-5,8H,1-3,6-7,12H2. The van der Waals surface area contributed by atoms with E-state index < -0.39 is 0 Å². The molecular formula is C11H15N3. The molecule has 3 nitrogen and oxygen atoms in total. The highest BCUT2D eigenvalue weighted by molar-refractivity contribution is 5.42. The maximum atomic E-state index is 5.75. The summed E-state index contributed by atoms with van der Waals surface area (Å²) in [6, 6.07) is 2.09. The number of aromatic nitrogens is 1. The predicted octanol–water partition coefficient (Wildman–Crippen LogP) is 1.36. The molecule has 0 aliphatic carbocycles. The van der Waals surface area contributed by atoms with Gasteiger partial charge in [0.15, 0.2) is 0 Å². The van der Waals surface area contributed by atoms with Crippen molar-refractivity contribution in [3.63, 3.8) is 0 Å². The van der Waals surface area contributed by atoms with E-state index in [1.54, 1.807) is 6.20 Å². The van der Waals surface area contributed by atoms with E-state index in [4.69, 9.17) is 5.73 Å². The Bertz CT molecular complexity index is 362. The number of hydrogen-bond donors (Lipinski definition) is 1. The van der Waals surface area contributed by atoms with Crippen molar-refractivity contribution in [1.82, 2.24) is 9.88 Å². The third kappa shape index (κ3) is 1.20. The second kappa shape index (κ2) is 2.95. The van der Waals surface area contributed by atoms with E-state index in [1.165, 1.54) is 37.2 Å². The van der Waals surface area contributed by atoms with Crippen LogP contribution in [0.3, 0.4) is 0 Å². The summed E-state index contributed by atoms with van der Waals surface area (Å²) in [6.07, 6.45) is 4.40. The number of hydrogen-bond acceptors (Lipinski definition) is 3. The van der Waals surface area contributed by atoms with Gasteiger partial charge in [0.1, 0.15) is 0 Å². The van der Waals surface area contributed by atoms with Crippen molar-refractivity contribution in [2.45, 2.75) is 25.3 Å². The number of nitrogens with zero attached hydrogens (tertiary/aromatic N) is 2. The van der Waals surface area contributed by atoms with E-state index >= 15 is 0 Å². The average Bonchev–Trinajstić information content (AvgIpc) is 2.17. The molecule has 2 aliphatic rings. The Morgan fingerprint density at radius 2 is 2.43 bits per heavy atom. The minimum absolute atomic E-state index is 0.660. The highest BCUT2D eigenvalue weighted by Gasteiger charge is 2.29. The molecule has 1 saturated heterocycles. The maximum Gasteiger partial charge on any atom is 0.0504 e. The summed E-state index contributed by atoms with van der Waals surface area (Å²) < 4.78 is 0. The predicted molar refractivity (Wildman–Crippen MR) is 55.9 cm³/mol. The van der Waals surface area contributed by atoms with Crippen LogP contribution in [0.4, 0.5) is 5.69 Å². The Kier molecular flexibility index (Phi) is 1.74. The highest BCUT2D eigenvalue weighted by atomic mass is 15.1. The lowest BCUT2D eigenvalue weighted by atomic mass is 9.87. The Morgan fingerprint density at radius 3 is 3.36 bits per heavy atom. The summed E-state index contributed by atoms with van der Waals surface area (Å²) >= 11 is 0. The van der Waals surface area contributed by atoms with Crippen LogP contribution in [0.25, 0.3) is 0 Å². The molecule has 2 aliphatic heterocycles. The van der Waals surface area contributed by atoms with Crippen molar-refractivity contribution in [3.05, 3.63) is 23.5 Å². The number of pyridine rings is 1. The Labute approximate surface area is 83.9 Å². The number of fused-ring (bicyclic) bond motifs is 4. The molecular weight excluding hydrogens is 174 g/mol. The fourth-order valence-electron chi connectivity index (χ4n) is 2.70.